The molecule has 13 heteroatoms. The van der Waals surface area contributed by atoms with Gasteiger partial charge in [0.1, 0.15) is 24.0 Å². The number of benzene rings is 2. The quantitative estimate of drug-likeness (QED) is 0.193. The van der Waals surface area contributed by atoms with Crippen LogP contribution in [0.2, 0.25) is 0 Å². The number of nitrogens with zero attached hydrogens (tertiary/aromatic N) is 1. The van der Waals surface area contributed by atoms with E-state index < -0.39 is 64.8 Å². The third kappa shape index (κ3) is 4.91. The van der Waals surface area contributed by atoms with Crippen molar-refractivity contribution in [2.75, 3.05) is 39.7 Å². The fraction of sp³-hybridized carbons (Fsp3) is 0.419. The van der Waals surface area contributed by atoms with Crippen LogP contribution in [-0.4, -0.2) is 101 Å². The zero-order chi connectivity index (χ0) is 32.1. The maximum Gasteiger partial charge on any atom is 0.411 e. The summed E-state index contributed by atoms with van der Waals surface area (Å²) >= 11 is 0. The number of aromatic hydroxyl groups is 1. The molecule has 3 aliphatic carbocycles. The number of phenols is 1. The van der Waals surface area contributed by atoms with Crippen molar-refractivity contribution in [3.05, 3.63) is 53.1 Å². The minimum absolute atomic E-state index is 0.00743. The minimum atomic E-state index is -2.72. The fourth-order valence-electron chi connectivity index (χ4n) is 6.98. The molecule has 0 aliphatic heterocycles. The lowest BCUT2D eigenvalue weighted by atomic mass is 9.54. The summed E-state index contributed by atoms with van der Waals surface area (Å²) < 4.78 is 9.87. The van der Waals surface area contributed by atoms with E-state index in [0.717, 1.165) is 0 Å². The molecule has 7 N–H and O–H groups in total. The Balaban J connectivity index is 1.54. The summed E-state index contributed by atoms with van der Waals surface area (Å²) in [6, 6.07) is 8.85. The average molecular weight is 610 g/mol. The van der Waals surface area contributed by atoms with Crippen molar-refractivity contribution in [1.29, 1.82) is 0 Å². The van der Waals surface area contributed by atoms with Crippen LogP contribution in [0.15, 0.2) is 42.0 Å². The SMILES string of the molecule is COCCOC(=O)Nc1ccc(-c2ccc(O)c3c2C[C@@H]2C[C@@H]4[C@@H](N(C)C)C(O)C(C(N)=O)C(=O)[C@]4(O)C(=O)C2=C3O)cc1. The third-order valence-corrected chi connectivity index (χ3v) is 8.93. The second-order valence-corrected chi connectivity index (χ2v) is 11.6. The van der Waals surface area contributed by atoms with Crippen LogP contribution >= 0.6 is 0 Å². The molecule has 0 aromatic heterocycles. The highest BCUT2D eigenvalue weighted by Gasteiger charge is 2.67. The molecule has 2 aromatic carbocycles. The van der Waals surface area contributed by atoms with Crippen LogP contribution in [0.1, 0.15) is 17.5 Å². The number of nitrogens with two attached hydrogens (primary N) is 1. The number of Topliss-reactive ketones (excluding diaryl/α,β-unsaturated/α-hetero) is 2. The van der Waals surface area contributed by atoms with Crippen LogP contribution in [0.4, 0.5) is 10.5 Å². The number of aliphatic hydroxyl groups is 3. The lowest BCUT2D eigenvalue weighted by Crippen LogP contribution is -2.73. The van der Waals surface area contributed by atoms with Gasteiger partial charge >= 0.3 is 6.09 Å². The molecule has 2 amide bonds. The first-order valence-corrected chi connectivity index (χ1v) is 14.1. The van der Waals surface area contributed by atoms with Gasteiger partial charge in [-0.05, 0) is 67.7 Å². The number of methoxy groups -OCH3 is 1. The smallest absolute Gasteiger partial charge is 0.411 e. The van der Waals surface area contributed by atoms with Gasteiger partial charge in [-0.2, -0.15) is 0 Å². The van der Waals surface area contributed by atoms with E-state index in [1.165, 1.54) is 13.2 Å². The number of hydrogen-bond donors (Lipinski definition) is 6. The number of likely N-dealkylation sites (N-methyl/N-ethyl adjacent to an activating group) is 1. The van der Waals surface area contributed by atoms with Gasteiger partial charge in [0.05, 0.1) is 18.3 Å². The molecule has 2 aromatic rings. The van der Waals surface area contributed by atoms with E-state index in [0.29, 0.717) is 22.4 Å². The molecular weight excluding hydrogens is 574 g/mol. The summed E-state index contributed by atoms with van der Waals surface area (Å²) in [7, 11) is 4.69. The second kappa shape index (κ2) is 11.7. The molecule has 0 heterocycles. The summed E-state index contributed by atoms with van der Waals surface area (Å²) in [5, 5.41) is 47.7. The first-order valence-electron chi connectivity index (χ1n) is 14.1. The number of amides is 2. The van der Waals surface area contributed by atoms with E-state index in [-0.39, 0.29) is 42.9 Å². The van der Waals surface area contributed by atoms with Crippen LogP contribution in [0.3, 0.4) is 0 Å². The van der Waals surface area contributed by atoms with E-state index in [1.807, 2.05) is 0 Å². The summed E-state index contributed by atoms with van der Waals surface area (Å²) in [5.74, 6) is -7.95. The first kappa shape index (κ1) is 31.1. The second-order valence-electron chi connectivity index (χ2n) is 11.6. The number of fused-ring (bicyclic) bond motifs is 3. The number of anilines is 1. The molecular formula is C31H35N3O10. The van der Waals surface area contributed by atoms with E-state index >= 15 is 0 Å². The van der Waals surface area contributed by atoms with Crippen molar-refractivity contribution in [1.82, 2.24) is 4.90 Å². The zero-order valence-electron chi connectivity index (χ0n) is 24.4. The number of ether oxygens (including phenoxy) is 2. The van der Waals surface area contributed by atoms with Gasteiger partial charge in [-0.3, -0.25) is 19.7 Å². The third-order valence-electron chi connectivity index (χ3n) is 8.93. The van der Waals surface area contributed by atoms with Gasteiger partial charge in [-0.25, -0.2) is 4.79 Å². The Morgan fingerprint density at radius 2 is 1.77 bits per heavy atom. The molecule has 2 unspecified atom stereocenters. The van der Waals surface area contributed by atoms with Crippen LogP contribution < -0.4 is 11.1 Å². The van der Waals surface area contributed by atoms with Crippen molar-refractivity contribution < 1.29 is 49.1 Å². The Morgan fingerprint density at radius 3 is 2.39 bits per heavy atom. The molecule has 2 fully saturated rings. The van der Waals surface area contributed by atoms with Gasteiger partial charge in [0.25, 0.3) is 0 Å². The number of carbonyl (C=O) groups is 4. The Bertz CT molecular complexity index is 1550. The van der Waals surface area contributed by atoms with Crippen LogP contribution in [0.5, 0.6) is 5.75 Å². The number of hydrogen-bond acceptors (Lipinski definition) is 11. The molecule has 3 aliphatic rings. The van der Waals surface area contributed by atoms with Crippen molar-refractivity contribution >= 4 is 35.0 Å². The monoisotopic (exact) mass is 609 g/mol. The first-order chi connectivity index (χ1) is 20.8. The summed E-state index contributed by atoms with van der Waals surface area (Å²) in [6.45, 7) is 0.351. The van der Waals surface area contributed by atoms with Crippen molar-refractivity contribution in [3.63, 3.8) is 0 Å². The van der Waals surface area contributed by atoms with Gasteiger partial charge in [0, 0.05) is 30.3 Å². The number of aliphatic hydroxyl groups excluding tert-OH is 2. The number of primary amides is 1. The van der Waals surface area contributed by atoms with E-state index in [2.05, 4.69) is 5.32 Å². The predicted molar refractivity (Wildman–Crippen MR) is 156 cm³/mol. The van der Waals surface area contributed by atoms with Crippen molar-refractivity contribution in [3.8, 4) is 16.9 Å². The maximum atomic E-state index is 14.0. The lowest BCUT2D eigenvalue weighted by Gasteiger charge is -2.53. The van der Waals surface area contributed by atoms with Gasteiger partial charge in [-0.15, -0.1) is 0 Å². The average Bonchev–Trinajstić information content (AvgIpc) is 2.95. The molecule has 0 bridgehead atoms. The number of ketones is 2. The minimum Gasteiger partial charge on any atom is -0.507 e. The molecule has 234 valence electrons. The summed E-state index contributed by atoms with van der Waals surface area (Å²) in [6.07, 6.45) is -2.04. The maximum absolute atomic E-state index is 14.0. The molecule has 0 radical (unpaired) electrons. The standard InChI is InChI=1S/C31H35N3O10/c1-34(2)24-19-13-15-12-18-17(14-4-6-16(7-5-14)33-30(41)44-11-10-43-3)8-9-20(35)22(18)25(36)21(15)27(38)31(19,42)28(39)23(26(24)37)29(32)40/h4-9,15,19,23-24,26,35-37,42H,10-13H2,1-3H3,(H2,32,40)(H,33,41)/t15-,19-,23?,24-,26?,31-/m1/s1. The fourth-order valence-corrected chi connectivity index (χ4v) is 6.98. The number of rotatable bonds is 7. The van der Waals surface area contributed by atoms with Gasteiger partial charge < -0.3 is 40.5 Å². The molecule has 0 saturated heterocycles. The molecule has 2 saturated carbocycles. The Hall–Kier alpha value is -4.30. The molecule has 5 rings (SSSR count). The molecule has 0 spiro atoms. The van der Waals surface area contributed by atoms with Crippen LogP contribution in [0.25, 0.3) is 16.9 Å². The molecule has 44 heavy (non-hydrogen) atoms. The Morgan fingerprint density at radius 1 is 1.09 bits per heavy atom. The van der Waals surface area contributed by atoms with Crippen LogP contribution in [0, 0.1) is 17.8 Å². The van der Waals surface area contributed by atoms with Crippen molar-refractivity contribution in [2.24, 2.45) is 23.5 Å². The van der Waals surface area contributed by atoms with E-state index in [1.54, 1.807) is 49.3 Å². The highest BCUT2D eigenvalue weighted by Crippen LogP contribution is 2.53. The predicted octanol–water partition coefficient (Wildman–Crippen LogP) is 0.991. The van der Waals surface area contributed by atoms with Crippen LogP contribution in [-0.2, 0) is 30.3 Å². The van der Waals surface area contributed by atoms with Gasteiger partial charge in [0.2, 0.25) is 11.7 Å². The highest BCUT2D eigenvalue weighted by atomic mass is 16.6. The number of phenolic OH excluding ortho intramolecular Hbond substituents is 1. The van der Waals surface area contributed by atoms with Crippen molar-refractivity contribution in [2.45, 2.75) is 30.6 Å². The number of nitrogens with one attached hydrogen (secondary N) is 1. The summed E-state index contributed by atoms with van der Waals surface area (Å²) in [4.78, 5) is 53.2. The molecule has 6 atom stereocenters. The Kier molecular flexibility index (Phi) is 8.25. The Labute approximate surface area is 252 Å². The lowest BCUT2D eigenvalue weighted by molar-refractivity contribution is -0.184. The summed E-state index contributed by atoms with van der Waals surface area (Å²) in [5.41, 5.74) is 4.81. The number of carbonyl (C=O) groups excluding carboxylic acids is 4. The largest absolute Gasteiger partial charge is 0.507 e. The normalized spacial score (nSPS) is 27.8. The van der Waals surface area contributed by atoms with E-state index in [4.69, 9.17) is 15.2 Å². The van der Waals surface area contributed by atoms with Gasteiger partial charge in [-0.1, -0.05) is 18.2 Å². The zero-order valence-corrected chi connectivity index (χ0v) is 24.4. The van der Waals surface area contributed by atoms with Gasteiger partial charge in [0.15, 0.2) is 11.4 Å². The highest BCUT2D eigenvalue weighted by molar-refractivity contribution is 6.25. The molecule has 13 nitrogen and oxygen atoms in total. The van der Waals surface area contributed by atoms with E-state index in [9.17, 15) is 39.6 Å². The topological polar surface area (TPSA) is 209 Å².